The highest BCUT2D eigenvalue weighted by Crippen LogP contribution is 2.65. The maximum atomic E-state index is 12.6. The summed E-state index contributed by atoms with van der Waals surface area (Å²) in [6.07, 6.45) is 10.0. The number of oxime groups is 1. The number of nitro groups is 1. The number of nitrogens with one attached hydrogen (secondary N) is 1. The molecule has 1 amide bonds. The number of allylic oxidation sites excluding steroid dienone is 2. The molecule has 4 aliphatic rings. The van der Waals surface area contributed by atoms with Gasteiger partial charge in [0, 0.05) is 12.5 Å². The zero-order valence-electron chi connectivity index (χ0n) is 24.5. The Bertz CT molecular complexity index is 1310. The molecule has 3 N–H and O–H groups in total. The van der Waals surface area contributed by atoms with E-state index in [2.05, 4.69) is 30.4 Å². The van der Waals surface area contributed by atoms with E-state index in [4.69, 9.17) is 9.57 Å². The number of hydrogen-bond acceptors (Lipinski definition) is 9. The van der Waals surface area contributed by atoms with Gasteiger partial charge in [0.2, 0.25) is 0 Å². The van der Waals surface area contributed by atoms with Gasteiger partial charge in [0.15, 0.2) is 12.4 Å². The second kappa shape index (κ2) is 11.7. The van der Waals surface area contributed by atoms with Crippen molar-refractivity contribution < 1.29 is 34.3 Å². The van der Waals surface area contributed by atoms with Crippen LogP contribution in [-0.2, 0) is 25.6 Å². The summed E-state index contributed by atoms with van der Waals surface area (Å²) in [5.74, 6) is 0.0699. The summed E-state index contributed by atoms with van der Waals surface area (Å²) in [7, 11) is 1.18. The van der Waals surface area contributed by atoms with Crippen LogP contribution in [0.3, 0.4) is 0 Å². The molecule has 0 heterocycles. The number of esters is 1. The molecule has 4 aliphatic carbocycles. The Balaban J connectivity index is 1.19. The van der Waals surface area contributed by atoms with Crippen molar-refractivity contribution in [2.24, 2.45) is 33.7 Å². The number of aliphatic hydroxyl groups excluding tert-OH is 1. The van der Waals surface area contributed by atoms with Crippen LogP contribution in [0.1, 0.15) is 70.8 Å². The summed E-state index contributed by atoms with van der Waals surface area (Å²) in [6.45, 7) is 4.29. The molecule has 3 saturated carbocycles. The van der Waals surface area contributed by atoms with Crippen LogP contribution in [0.4, 0.5) is 5.69 Å². The Hall–Kier alpha value is -3.47. The summed E-state index contributed by atoms with van der Waals surface area (Å²) >= 11 is 0. The largest absolute Gasteiger partial charge is 0.502 e. The van der Waals surface area contributed by atoms with Gasteiger partial charge in [-0.25, -0.2) is 4.79 Å². The van der Waals surface area contributed by atoms with E-state index < -0.39 is 40.9 Å². The number of carbonyl (C=O) groups excluding carboxylic acids is 2. The Labute approximate surface area is 245 Å². The minimum absolute atomic E-state index is 0.0589. The van der Waals surface area contributed by atoms with Crippen molar-refractivity contribution in [2.45, 2.75) is 83.8 Å². The maximum absolute atomic E-state index is 12.6. The van der Waals surface area contributed by atoms with Crippen LogP contribution in [0.2, 0.25) is 0 Å². The van der Waals surface area contributed by atoms with E-state index in [9.17, 15) is 29.9 Å². The van der Waals surface area contributed by atoms with Crippen molar-refractivity contribution in [3.63, 3.8) is 0 Å². The quantitative estimate of drug-likeness (QED) is 0.233. The number of phenolic OH excluding ortho intramolecular Hbond substituents is 1. The van der Waals surface area contributed by atoms with Crippen molar-refractivity contribution in [2.75, 3.05) is 13.7 Å². The van der Waals surface area contributed by atoms with Crippen LogP contribution in [0, 0.1) is 38.7 Å². The monoisotopic (exact) mass is 583 g/mol. The molecule has 3 fully saturated rings. The van der Waals surface area contributed by atoms with E-state index in [1.807, 2.05) is 0 Å². The highest BCUT2D eigenvalue weighted by molar-refractivity contribution is 5.96. The van der Waals surface area contributed by atoms with Crippen molar-refractivity contribution in [1.29, 1.82) is 0 Å². The fourth-order valence-electron chi connectivity index (χ4n) is 8.44. The number of aromatic hydroxyl groups is 1. The van der Waals surface area contributed by atoms with Gasteiger partial charge in [0.1, 0.15) is 6.04 Å². The smallest absolute Gasteiger partial charge is 0.328 e. The van der Waals surface area contributed by atoms with Crippen LogP contribution in [0.5, 0.6) is 5.75 Å². The van der Waals surface area contributed by atoms with Gasteiger partial charge in [-0.3, -0.25) is 14.9 Å². The SMILES string of the molecule is COC(=O)[C@H](Cc1ccc(O)c([N+](=O)[O-])c1)NC(=O)CO/N=C1\C=C2CC[C@@H]3[C@H]4CC[C@H](O)[C@@]4(C)CC[C@H]3[C@@]2(C)CC1. The van der Waals surface area contributed by atoms with Gasteiger partial charge < -0.3 is 25.1 Å². The summed E-state index contributed by atoms with van der Waals surface area (Å²) in [5.41, 5.74) is 2.25. The van der Waals surface area contributed by atoms with E-state index in [1.165, 1.54) is 24.8 Å². The van der Waals surface area contributed by atoms with E-state index in [0.29, 0.717) is 23.3 Å². The minimum atomic E-state index is -1.10. The van der Waals surface area contributed by atoms with Gasteiger partial charge in [-0.15, -0.1) is 0 Å². The average Bonchev–Trinajstić information content (AvgIpc) is 3.27. The summed E-state index contributed by atoms with van der Waals surface area (Å²) in [6, 6.07) is 2.66. The number of aliphatic hydroxyl groups is 1. The number of hydrogen-bond donors (Lipinski definition) is 3. The number of nitrogens with zero attached hydrogens (tertiary/aromatic N) is 2. The maximum Gasteiger partial charge on any atom is 0.328 e. The van der Waals surface area contributed by atoms with E-state index >= 15 is 0 Å². The van der Waals surface area contributed by atoms with Gasteiger partial charge in [0.25, 0.3) is 5.91 Å². The molecule has 0 radical (unpaired) electrons. The zero-order chi connectivity index (χ0) is 30.2. The molecule has 1 aromatic rings. The van der Waals surface area contributed by atoms with E-state index in [-0.39, 0.29) is 23.4 Å². The first-order valence-electron chi connectivity index (χ1n) is 14.9. The minimum Gasteiger partial charge on any atom is -0.502 e. The van der Waals surface area contributed by atoms with Crippen LogP contribution >= 0.6 is 0 Å². The Morgan fingerprint density at radius 2 is 1.95 bits per heavy atom. The molecule has 0 spiro atoms. The predicted octanol–water partition coefficient (Wildman–Crippen LogP) is 4.20. The predicted molar refractivity (Wildman–Crippen MR) is 154 cm³/mol. The fraction of sp³-hybridized carbons (Fsp3) is 0.645. The molecule has 228 valence electrons. The third kappa shape index (κ3) is 5.50. The van der Waals surface area contributed by atoms with E-state index in [0.717, 1.165) is 63.1 Å². The van der Waals surface area contributed by atoms with E-state index in [1.54, 1.807) is 0 Å². The number of benzene rings is 1. The highest BCUT2D eigenvalue weighted by Gasteiger charge is 2.58. The summed E-state index contributed by atoms with van der Waals surface area (Å²) in [5, 5.41) is 38.3. The second-order valence-electron chi connectivity index (χ2n) is 12.9. The van der Waals surface area contributed by atoms with Crippen molar-refractivity contribution in [3.8, 4) is 5.75 Å². The first-order chi connectivity index (χ1) is 20.0. The topological polar surface area (TPSA) is 161 Å². The lowest BCUT2D eigenvalue weighted by atomic mass is 9.47. The molecule has 0 bridgehead atoms. The molecule has 0 saturated heterocycles. The Kier molecular flexibility index (Phi) is 8.33. The normalized spacial score (nSPS) is 33.4. The lowest BCUT2D eigenvalue weighted by molar-refractivity contribution is -0.385. The molecule has 1 aromatic carbocycles. The number of amides is 1. The number of methoxy groups -OCH3 is 1. The Morgan fingerprint density at radius 1 is 1.17 bits per heavy atom. The molecule has 5 rings (SSSR count). The molecular weight excluding hydrogens is 542 g/mol. The molecular formula is C31H41N3O8. The number of phenols is 1. The van der Waals surface area contributed by atoms with Crippen molar-refractivity contribution in [1.82, 2.24) is 5.32 Å². The molecule has 0 aliphatic heterocycles. The van der Waals surface area contributed by atoms with Crippen molar-refractivity contribution >= 4 is 23.3 Å². The summed E-state index contributed by atoms with van der Waals surface area (Å²) < 4.78 is 4.79. The molecule has 7 atom stereocenters. The number of carbonyl (C=O) groups is 2. The summed E-state index contributed by atoms with van der Waals surface area (Å²) in [4.78, 5) is 40.7. The van der Waals surface area contributed by atoms with Crippen LogP contribution in [0.25, 0.3) is 0 Å². The second-order valence-corrected chi connectivity index (χ2v) is 12.9. The first kappa shape index (κ1) is 30.0. The highest BCUT2D eigenvalue weighted by atomic mass is 16.6. The lowest BCUT2D eigenvalue weighted by Crippen LogP contribution is -2.51. The van der Waals surface area contributed by atoms with Gasteiger partial charge in [-0.2, -0.15) is 0 Å². The van der Waals surface area contributed by atoms with Gasteiger partial charge >= 0.3 is 11.7 Å². The van der Waals surface area contributed by atoms with Gasteiger partial charge in [-0.05, 0) is 97.7 Å². The zero-order valence-corrected chi connectivity index (χ0v) is 24.5. The fourth-order valence-corrected chi connectivity index (χ4v) is 8.44. The Morgan fingerprint density at radius 3 is 2.69 bits per heavy atom. The number of rotatable bonds is 8. The first-order valence-corrected chi connectivity index (χ1v) is 14.9. The lowest BCUT2D eigenvalue weighted by Gasteiger charge is -2.57. The number of fused-ring (bicyclic) bond motifs is 5. The molecule has 0 unspecified atom stereocenters. The third-order valence-corrected chi connectivity index (χ3v) is 10.8. The van der Waals surface area contributed by atoms with Crippen molar-refractivity contribution in [3.05, 3.63) is 45.5 Å². The molecule has 0 aromatic heterocycles. The van der Waals surface area contributed by atoms with Crippen LogP contribution in [0.15, 0.2) is 35.0 Å². The number of nitro benzene ring substituents is 1. The molecule has 11 nitrogen and oxygen atoms in total. The standard InChI is InChI=1S/C31H41N3O8/c1-30-12-10-20(16-19(30)5-6-21-22-7-9-27(36)31(22,2)13-11-23(21)30)33-42-17-28(37)32-24(29(38)41-3)14-18-4-8-26(35)25(15-18)34(39)40/h4,8,15-16,21-24,27,35-36H,5-7,9-14,17H2,1-3H3,(H,32,37)/b33-20-/t21-,22-,23-,24+,27+,30+,31+/m1/s1. The number of ether oxygens (including phenoxy) is 1. The average molecular weight is 584 g/mol. The van der Waals surface area contributed by atoms with Gasteiger partial charge in [0.05, 0.1) is 23.8 Å². The van der Waals surface area contributed by atoms with Crippen LogP contribution < -0.4 is 5.32 Å². The van der Waals surface area contributed by atoms with Crippen LogP contribution in [-0.4, -0.2) is 58.6 Å². The molecule has 11 heteroatoms. The molecule has 42 heavy (non-hydrogen) atoms. The third-order valence-electron chi connectivity index (χ3n) is 10.8. The van der Waals surface area contributed by atoms with Gasteiger partial charge in [-0.1, -0.05) is 30.6 Å².